The van der Waals surface area contributed by atoms with Gasteiger partial charge in [0.05, 0.1) is 15.1 Å². The van der Waals surface area contributed by atoms with Gasteiger partial charge in [0.25, 0.3) is 10.0 Å². The van der Waals surface area contributed by atoms with E-state index < -0.39 is 10.0 Å². The third-order valence-electron chi connectivity index (χ3n) is 2.73. The predicted molar refractivity (Wildman–Crippen MR) is 84.3 cm³/mol. The van der Waals surface area contributed by atoms with Gasteiger partial charge in [0, 0.05) is 5.69 Å². The van der Waals surface area contributed by atoms with Gasteiger partial charge in [-0.25, -0.2) is 8.42 Å². The van der Waals surface area contributed by atoms with Gasteiger partial charge in [-0.1, -0.05) is 18.2 Å². The number of benzene rings is 2. The van der Waals surface area contributed by atoms with Crippen LogP contribution in [0, 0.1) is 3.95 Å². The van der Waals surface area contributed by atoms with Crippen LogP contribution in [-0.4, -0.2) is 13.4 Å². The van der Waals surface area contributed by atoms with E-state index in [4.69, 9.17) is 12.2 Å². The molecule has 0 saturated heterocycles. The fourth-order valence-electron chi connectivity index (χ4n) is 1.82. The SMILES string of the molecule is O=S(=O)(Nc1ccccc1)c1ccc2sc(=S)[nH]c2c1. The maximum atomic E-state index is 12.3. The lowest BCUT2D eigenvalue weighted by molar-refractivity contribution is 0.601. The summed E-state index contributed by atoms with van der Waals surface area (Å²) in [5, 5.41) is 0. The van der Waals surface area contributed by atoms with E-state index in [2.05, 4.69) is 9.71 Å². The van der Waals surface area contributed by atoms with Crippen LogP contribution in [0.3, 0.4) is 0 Å². The van der Waals surface area contributed by atoms with Gasteiger partial charge < -0.3 is 4.98 Å². The van der Waals surface area contributed by atoms with E-state index in [0.717, 1.165) is 10.2 Å². The molecule has 0 aliphatic heterocycles. The van der Waals surface area contributed by atoms with Crippen LogP contribution in [0.1, 0.15) is 0 Å². The number of H-pyrrole nitrogens is 1. The highest BCUT2D eigenvalue weighted by Crippen LogP contribution is 2.24. The molecule has 3 aromatic rings. The van der Waals surface area contributed by atoms with E-state index in [9.17, 15) is 8.42 Å². The van der Waals surface area contributed by atoms with Crippen molar-refractivity contribution in [2.24, 2.45) is 0 Å². The summed E-state index contributed by atoms with van der Waals surface area (Å²) >= 11 is 6.47. The van der Waals surface area contributed by atoms with Crippen LogP contribution in [0.15, 0.2) is 53.4 Å². The standard InChI is InChI=1S/C13H10N2O2S3/c16-20(17,15-9-4-2-1-3-5-9)10-6-7-12-11(8-10)14-13(18)19-12/h1-8,15H,(H,14,18). The summed E-state index contributed by atoms with van der Waals surface area (Å²) in [6.07, 6.45) is 0. The lowest BCUT2D eigenvalue weighted by Crippen LogP contribution is -2.12. The number of sulfonamides is 1. The van der Waals surface area contributed by atoms with Crippen molar-refractivity contribution in [1.29, 1.82) is 0 Å². The summed E-state index contributed by atoms with van der Waals surface area (Å²) in [5.74, 6) is 0. The second-order valence-corrected chi connectivity index (χ2v) is 7.55. The van der Waals surface area contributed by atoms with Gasteiger partial charge in [-0.05, 0) is 42.5 Å². The molecule has 0 aliphatic carbocycles. The first-order chi connectivity index (χ1) is 9.54. The molecule has 2 aromatic carbocycles. The minimum absolute atomic E-state index is 0.206. The number of aromatic amines is 1. The maximum Gasteiger partial charge on any atom is 0.261 e. The third-order valence-corrected chi connectivity index (χ3v) is 5.32. The molecule has 0 unspecified atom stereocenters. The van der Waals surface area contributed by atoms with Gasteiger partial charge in [0.15, 0.2) is 3.95 Å². The Morgan fingerprint density at radius 1 is 1.10 bits per heavy atom. The molecule has 2 N–H and O–H groups in total. The summed E-state index contributed by atoms with van der Waals surface area (Å²) in [5.41, 5.74) is 1.27. The Morgan fingerprint density at radius 2 is 1.85 bits per heavy atom. The number of hydrogen-bond acceptors (Lipinski definition) is 4. The topological polar surface area (TPSA) is 62.0 Å². The average molecular weight is 322 g/mol. The van der Waals surface area contributed by atoms with Gasteiger partial charge in [0.1, 0.15) is 0 Å². The molecule has 0 bridgehead atoms. The summed E-state index contributed by atoms with van der Waals surface area (Å²) in [6, 6.07) is 13.7. The van der Waals surface area contributed by atoms with E-state index in [1.165, 1.54) is 11.3 Å². The Bertz CT molecular complexity index is 911. The number of para-hydroxylation sites is 1. The summed E-state index contributed by atoms with van der Waals surface area (Å²) in [7, 11) is -3.59. The highest BCUT2D eigenvalue weighted by atomic mass is 32.2. The van der Waals surface area contributed by atoms with Crippen LogP contribution >= 0.6 is 23.6 Å². The molecule has 1 heterocycles. The summed E-state index contributed by atoms with van der Waals surface area (Å²) in [6.45, 7) is 0. The molecular formula is C13H10N2O2S3. The molecule has 0 fully saturated rings. The number of fused-ring (bicyclic) bond motifs is 1. The first kappa shape index (κ1) is 13.3. The van der Waals surface area contributed by atoms with Crippen LogP contribution in [-0.2, 0) is 10.0 Å². The van der Waals surface area contributed by atoms with Crippen molar-refractivity contribution in [3.05, 3.63) is 52.5 Å². The Labute approximate surface area is 125 Å². The monoisotopic (exact) mass is 322 g/mol. The molecule has 0 amide bonds. The number of anilines is 1. The van der Waals surface area contributed by atoms with E-state index >= 15 is 0 Å². The van der Waals surface area contributed by atoms with Crippen LogP contribution in [0.2, 0.25) is 0 Å². The normalized spacial score (nSPS) is 11.6. The fourth-order valence-corrected chi connectivity index (χ4v) is 4.00. The van der Waals surface area contributed by atoms with Gasteiger partial charge in [-0.3, -0.25) is 4.72 Å². The number of rotatable bonds is 3. The molecule has 7 heteroatoms. The van der Waals surface area contributed by atoms with Crippen LogP contribution in [0.5, 0.6) is 0 Å². The number of thiazole rings is 1. The minimum atomic E-state index is -3.59. The molecule has 4 nitrogen and oxygen atoms in total. The van der Waals surface area contributed by atoms with Crippen molar-refractivity contribution in [3.63, 3.8) is 0 Å². The molecule has 0 saturated carbocycles. The minimum Gasteiger partial charge on any atom is -0.337 e. The van der Waals surface area contributed by atoms with Crippen LogP contribution < -0.4 is 4.72 Å². The second-order valence-electron chi connectivity index (χ2n) is 4.14. The molecule has 0 atom stereocenters. The first-order valence-corrected chi connectivity index (χ1v) is 8.46. The Hall–Kier alpha value is -1.70. The molecule has 0 radical (unpaired) electrons. The van der Waals surface area contributed by atoms with Gasteiger partial charge >= 0.3 is 0 Å². The van der Waals surface area contributed by atoms with Gasteiger partial charge in [-0.15, -0.1) is 11.3 Å². The third kappa shape index (κ3) is 2.60. The fraction of sp³-hybridized carbons (Fsp3) is 0. The number of nitrogens with one attached hydrogen (secondary N) is 2. The quantitative estimate of drug-likeness (QED) is 0.722. The molecular weight excluding hydrogens is 312 g/mol. The van der Waals surface area contributed by atoms with E-state index in [-0.39, 0.29) is 4.90 Å². The molecule has 3 rings (SSSR count). The largest absolute Gasteiger partial charge is 0.337 e. The number of aromatic nitrogens is 1. The number of hydrogen-bond donors (Lipinski definition) is 2. The highest BCUT2D eigenvalue weighted by molar-refractivity contribution is 7.92. The van der Waals surface area contributed by atoms with E-state index in [1.54, 1.807) is 42.5 Å². The van der Waals surface area contributed by atoms with Gasteiger partial charge in [0.2, 0.25) is 0 Å². The lowest BCUT2D eigenvalue weighted by Gasteiger charge is -2.07. The highest BCUT2D eigenvalue weighted by Gasteiger charge is 2.15. The Kier molecular flexibility index (Phi) is 3.33. The molecule has 0 spiro atoms. The zero-order valence-corrected chi connectivity index (χ0v) is 12.6. The maximum absolute atomic E-state index is 12.3. The molecule has 0 aliphatic rings. The lowest BCUT2D eigenvalue weighted by atomic mass is 10.3. The van der Waals surface area contributed by atoms with Crippen molar-refractivity contribution in [3.8, 4) is 0 Å². The first-order valence-electron chi connectivity index (χ1n) is 5.75. The zero-order chi connectivity index (χ0) is 14.2. The average Bonchev–Trinajstić information content (AvgIpc) is 2.78. The van der Waals surface area contributed by atoms with Crippen LogP contribution in [0.25, 0.3) is 10.2 Å². The van der Waals surface area contributed by atoms with Crippen molar-refractivity contribution < 1.29 is 8.42 Å². The Balaban J connectivity index is 2.02. The summed E-state index contributed by atoms with van der Waals surface area (Å²) < 4.78 is 28.7. The second kappa shape index (κ2) is 5.01. The molecule has 102 valence electrons. The molecule has 1 aromatic heterocycles. The van der Waals surface area contributed by atoms with Crippen molar-refractivity contribution in [2.75, 3.05) is 4.72 Å². The van der Waals surface area contributed by atoms with Crippen molar-refractivity contribution in [1.82, 2.24) is 4.98 Å². The van der Waals surface area contributed by atoms with E-state index in [1.807, 2.05) is 6.07 Å². The predicted octanol–water partition coefficient (Wildman–Crippen LogP) is 3.76. The summed E-state index contributed by atoms with van der Waals surface area (Å²) in [4.78, 5) is 3.18. The Morgan fingerprint density at radius 3 is 2.60 bits per heavy atom. The van der Waals surface area contributed by atoms with E-state index in [0.29, 0.717) is 9.64 Å². The van der Waals surface area contributed by atoms with Gasteiger partial charge in [-0.2, -0.15) is 0 Å². The molecule has 20 heavy (non-hydrogen) atoms. The van der Waals surface area contributed by atoms with Crippen molar-refractivity contribution >= 4 is 49.5 Å². The smallest absolute Gasteiger partial charge is 0.261 e. The van der Waals surface area contributed by atoms with Crippen LogP contribution in [0.4, 0.5) is 5.69 Å². The van der Waals surface area contributed by atoms with Crippen molar-refractivity contribution in [2.45, 2.75) is 4.90 Å². The zero-order valence-electron chi connectivity index (χ0n) is 10.2.